The Kier molecular flexibility index (Phi) is 8.16. The average Bonchev–Trinajstić information content (AvgIpc) is 2.24. The van der Waals surface area contributed by atoms with Gasteiger partial charge in [0.05, 0.1) is 13.7 Å². The molecular weight excluding hydrogens is 196 g/mol. The lowest BCUT2D eigenvalue weighted by molar-refractivity contribution is -0.142. The summed E-state index contributed by atoms with van der Waals surface area (Å²) in [5.41, 5.74) is 0. The lowest BCUT2D eigenvalue weighted by atomic mass is 10.3. The number of rotatable bonds is 5. The van der Waals surface area contributed by atoms with Crippen LogP contribution in [-0.2, 0) is 19.1 Å². The van der Waals surface area contributed by atoms with Crippen LogP contribution in [0.1, 0.15) is 32.6 Å². The standard InChI is InChI=1S/C11H16O4/c1-3-4-9-15-11(13)8-6-5-7-10(12)14-2/h3-4,7-9H2,1-2H3. The molecule has 4 nitrogen and oxygen atoms in total. The zero-order valence-corrected chi connectivity index (χ0v) is 9.17. The van der Waals surface area contributed by atoms with Gasteiger partial charge in [0.25, 0.3) is 0 Å². The van der Waals surface area contributed by atoms with Crippen LogP contribution in [0, 0.1) is 11.8 Å². The van der Waals surface area contributed by atoms with Gasteiger partial charge < -0.3 is 9.47 Å². The summed E-state index contributed by atoms with van der Waals surface area (Å²) < 4.78 is 9.24. The van der Waals surface area contributed by atoms with Crippen molar-refractivity contribution >= 4 is 11.9 Å². The first-order chi connectivity index (χ1) is 7.20. The van der Waals surface area contributed by atoms with Gasteiger partial charge in [0.1, 0.15) is 12.8 Å². The van der Waals surface area contributed by atoms with Crippen LogP contribution in [0.2, 0.25) is 0 Å². The minimum absolute atomic E-state index is 0.0126. The van der Waals surface area contributed by atoms with Crippen molar-refractivity contribution in [1.82, 2.24) is 0 Å². The van der Waals surface area contributed by atoms with Crippen LogP contribution in [0.5, 0.6) is 0 Å². The highest BCUT2D eigenvalue weighted by Crippen LogP contribution is 1.91. The molecule has 84 valence electrons. The molecule has 0 atom stereocenters. The van der Waals surface area contributed by atoms with Gasteiger partial charge in [-0.05, 0) is 6.42 Å². The fourth-order valence-corrected chi connectivity index (χ4v) is 0.723. The summed E-state index contributed by atoms with van der Waals surface area (Å²) in [5, 5.41) is 0. The van der Waals surface area contributed by atoms with E-state index in [4.69, 9.17) is 4.74 Å². The maximum absolute atomic E-state index is 11.0. The molecule has 0 spiro atoms. The fraction of sp³-hybridized carbons (Fsp3) is 0.636. The van der Waals surface area contributed by atoms with Crippen LogP contribution < -0.4 is 0 Å². The Morgan fingerprint density at radius 1 is 1.13 bits per heavy atom. The highest BCUT2D eigenvalue weighted by Gasteiger charge is 1.98. The highest BCUT2D eigenvalue weighted by molar-refractivity contribution is 5.74. The zero-order valence-electron chi connectivity index (χ0n) is 9.17. The van der Waals surface area contributed by atoms with Crippen molar-refractivity contribution in [2.45, 2.75) is 32.6 Å². The first-order valence-electron chi connectivity index (χ1n) is 4.88. The van der Waals surface area contributed by atoms with E-state index in [1.54, 1.807) is 0 Å². The van der Waals surface area contributed by atoms with Crippen molar-refractivity contribution < 1.29 is 19.1 Å². The van der Waals surface area contributed by atoms with Gasteiger partial charge in [-0.1, -0.05) is 25.2 Å². The highest BCUT2D eigenvalue weighted by atomic mass is 16.5. The number of methoxy groups -OCH3 is 1. The van der Waals surface area contributed by atoms with Crippen LogP contribution in [0.25, 0.3) is 0 Å². The van der Waals surface area contributed by atoms with Crippen molar-refractivity contribution in [3.8, 4) is 11.8 Å². The minimum Gasteiger partial charge on any atom is -0.468 e. The summed E-state index contributed by atoms with van der Waals surface area (Å²) in [5.74, 6) is 4.34. The maximum atomic E-state index is 11.0. The van der Waals surface area contributed by atoms with Crippen LogP contribution in [-0.4, -0.2) is 25.7 Å². The van der Waals surface area contributed by atoms with E-state index in [2.05, 4.69) is 16.6 Å². The first-order valence-corrected chi connectivity index (χ1v) is 4.88. The van der Waals surface area contributed by atoms with Gasteiger partial charge in [0.2, 0.25) is 0 Å². The van der Waals surface area contributed by atoms with Crippen molar-refractivity contribution in [1.29, 1.82) is 0 Å². The van der Waals surface area contributed by atoms with Gasteiger partial charge in [-0.2, -0.15) is 0 Å². The summed E-state index contributed by atoms with van der Waals surface area (Å²) in [6, 6.07) is 0. The minimum atomic E-state index is -0.401. The Labute approximate surface area is 89.9 Å². The summed E-state index contributed by atoms with van der Waals surface area (Å²) in [6.45, 7) is 2.46. The molecule has 0 aromatic carbocycles. The molecule has 15 heavy (non-hydrogen) atoms. The molecule has 0 aromatic heterocycles. The number of carbonyl (C=O) groups excluding carboxylic acids is 2. The van der Waals surface area contributed by atoms with Gasteiger partial charge in [-0.25, -0.2) is 0 Å². The van der Waals surface area contributed by atoms with Crippen molar-refractivity contribution in [2.24, 2.45) is 0 Å². The Bertz CT molecular complexity index is 259. The number of unbranched alkanes of at least 4 members (excludes halogenated alkanes) is 1. The lowest BCUT2D eigenvalue weighted by Gasteiger charge is -1.99. The quantitative estimate of drug-likeness (QED) is 0.391. The van der Waals surface area contributed by atoms with E-state index in [9.17, 15) is 9.59 Å². The molecule has 0 amide bonds. The maximum Gasteiger partial charge on any atom is 0.317 e. The van der Waals surface area contributed by atoms with Crippen molar-refractivity contribution in [3.05, 3.63) is 0 Å². The SMILES string of the molecule is CCCCOC(=O)CC#CCC(=O)OC. The molecule has 0 aromatic rings. The normalized spacial score (nSPS) is 8.67. The van der Waals surface area contributed by atoms with E-state index in [-0.39, 0.29) is 18.8 Å². The van der Waals surface area contributed by atoms with Crippen LogP contribution in [0.15, 0.2) is 0 Å². The van der Waals surface area contributed by atoms with E-state index in [1.807, 2.05) is 6.92 Å². The third-order valence-electron chi connectivity index (χ3n) is 1.58. The molecular formula is C11H16O4. The Balaban J connectivity index is 3.56. The zero-order chi connectivity index (χ0) is 11.5. The Morgan fingerprint density at radius 2 is 1.73 bits per heavy atom. The van der Waals surface area contributed by atoms with Gasteiger partial charge in [0.15, 0.2) is 0 Å². The fourth-order valence-electron chi connectivity index (χ4n) is 0.723. The van der Waals surface area contributed by atoms with Crippen LogP contribution in [0.3, 0.4) is 0 Å². The molecule has 0 N–H and O–H groups in total. The predicted octanol–water partition coefficient (Wildman–Crippen LogP) is 1.29. The topological polar surface area (TPSA) is 52.6 Å². The molecule has 4 heteroatoms. The summed E-state index contributed by atoms with van der Waals surface area (Å²) in [4.78, 5) is 21.6. The molecule has 0 aliphatic carbocycles. The summed E-state index contributed by atoms with van der Waals surface area (Å²) in [7, 11) is 1.29. The average molecular weight is 212 g/mol. The molecule has 0 bridgehead atoms. The van der Waals surface area contributed by atoms with E-state index in [0.29, 0.717) is 6.61 Å². The third-order valence-corrected chi connectivity index (χ3v) is 1.58. The second-order valence-corrected chi connectivity index (χ2v) is 2.86. The summed E-state index contributed by atoms with van der Waals surface area (Å²) in [6.07, 6.45) is 1.89. The number of ether oxygens (including phenoxy) is 2. The Morgan fingerprint density at radius 3 is 2.27 bits per heavy atom. The van der Waals surface area contributed by atoms with Gasteiger partial charge in [-0.15, -0.1) is 0 Å². The second kappa shape index (κ2) is 9.07. The number of esters is 2. The summed E-state index contributed by atoms with van der Waals surface area (Å²) >= 11 is 0. The molecule has 0 saturated heterocycles. The van der Waals surface area contributed by atoms with Crippen LogP contribution in [0.4, 0.5) is 0 Å². The van der Waals surface area contributed by atoms with Crippen molar-refractivity contribution in [3.63, 3.8) is 0 Å². The van der Waals surface area contributed by atoms with Gasteiger partial charge in [-0.3, -0.25) is 9.59 Å². The molecule has 0 saturated carbocycles. The molecule has 0 unspecified atom stereocenters. The van der Waals surface area contributed by atoms with E-state index >= 15 is 0 Å². The molecule has 0 radical (unpaired) electrons. The van der Waals surface area contributed by atoms with Crippen LogP contribution >= 0.6 is 0 Å². The smallest absolute Gasteiger partial charge is 0.317 e. The molecule has 0 aliphatic heterocycles. The lowest BCUT2D eigenvalue weighted by Crippen LogP contribution is -2.04. The number of hydrogen-bond acceptors (Lipinski definition) is 4. The second-order valence-electron chi connectivity index (χ2n) is 2.86. The molecule has 0 fully saturated rings. The Hall–Kier alpha value is -1.50. The van der Waals surface area contributed by atoms with E-state index in [1.165, 1.54) is 7.11 Å². The van der Waals surface area contributed by atoms with Gasteiger partial charge in [0, 0.05) is 0 Å². The van der Waals surface area contributed by atoms with E-state index < -0.39 is 5.97 Å². The number of hydrogen-bond donors (Lipinski definition) is 0. The third kappa shape index (κ3) is 8.82. The molecule has 0 heterocycles. The molecule has 0 aliphatic rings. The van der Waals surface area contributed by atoms with Crippen molar-refractivity contribution in [2.75, 3.05) is 13.7 Å². The monoisotopic (exact) mass is 212 g/mol. The largest absolute Gasteiger partial charge is 0.468 e. The predicted molar refractivity (Wildman–Crippen MR) is 54.9 cm³/mol. The first kappa shape index (κ1) is 13.5. The number of carbonyl (C=O) groups is 2. The van der Waals surface area contributed by atoms with Gasteiger partial charge >= 0.3 is 11.9 Å². The van der Waals surface area contributed by atoms with E-state index in [0.717, 1.165) is 12.8 Å². The molecule has 0 rings (SSSR count).